The van der Waals surface area contributed by atoms with E-state index in [1.165, 1.54) is 18.2 Å². The van der Waals surface area contributed by atoms with E-state index < -0.39 is 17.7 Å². The number of hydrogen-bond acceptors (Lipinski definition) is 5. The summed E-state index contributed by atoms with van der Waals surface area (Å²) >= 11 is 0.988. The van der Waals surface area contributed by atoms with E-state index in [9.17, 15) is 14.0 Å². The van der Waals surface area contributed by atoms with Crippen molar-refractivity contribution < 1.29 is 19.1 Å². The molecule has 0 unspecified atom stereocenters. The molecular formula is C12H10FN3O3S. The molecule has 0 bridgehead atoms. The highest BCUT2D eigenvalue weighted by Crippen LogP contribution is 2.16. The fourth-order valence-electron chi connectivity index (χ4n) is 1.40. The second-order valence-electron chi connectivity index (χ2n) is 3.83. The van der Waals surface area contributed by atoms with E-state index in [2.05, 4.69) is 15.5 Å². The molecule has 0 aliphatic rings. The van der Waals surface area contributed by atoms with Crippen molar-refractivity contribution in [1.82, 2.24) is 10.2 Å². The normalized spacial score (nSPS) is 10.2. The number of aryl methyl sites for hydroxylation is 1. The minimum atomic E-state index is -0.947. The molecule has 0 spiro atoms. The van der Waals surface area contributed by atoms with E-state index in [-0.39, 0.29) is 23.5 Å². The van der Waals surface area contributed by atoms with Crippen molar-refractivity contribution in [3.05, 3.63) is 40.1 Å². The van der Waals surface area contributed by atoms with Gasteiger partial charge in [0.05, 0.1) is 12.1 Å². The number of nitrogens with one attached hydrogen (secondary N) is 1. The van der Waals surface area contributed by atoms with Gasteiger partial charge in [-0.3, -0.25) is 9.59 Å². The number of nitrogens with zero attached hydrogens (tertiary/aromatic N) is 2. The third kappa shape index (κ3) is 3.58. The Balaban J connectivity index is 2.03. The van der Waals surface area contributed by atoms with Gasteiger partial charge in [0, 0.05) is 6.42 Å². The van der Waals surface area contributed by atoms with Gasteiger partial charge in [-0.25, -0.2) is 4.39 Å². The summed E-state index contributed by atoms with van der Waals surface area (Å²) in [6.07, 6.45) is 0.129. The number of rotatable bonds is 5. The highest BCUT2D eigenvalue weighted by atomic mass is 32.1. The number of aromatic nitrogens is 2. The van der Waals surface area contributed by atoms with Crippen LogP contribution in [0.25, 0.3) is 0 Å². The smallest absolute Gasteiger partial charge is 0.303 e. The maximum Gasteiger partial charge on any atom is 0.303 e. The van der Waals surface area contributed by atoms with Gasteiger partial charge in [-0.15, -0.1) is 10.2 Å². The van der Waals surface area contributed by atoms with E-state index in [0.29, 0.717) is 5.01 Å². The van der Waals surface area contributed by atoms with E-state index in [1.54, 1.807) is 6.07 Å². The van der Waals surface area contributed by atoms with E-state index in [1.807, 2.05) is 0 Å². The van der Waals surface area contributed by atoms with Gasteiger partial charge >= 0.3 is 5.97 Å². The van der Waals surface area contributed by atoms with E-state index in [4.69, 9.17) is 5.11 Å². The highest BCUT2D eigenvalue weighted by molar-refractivity contribution is 7.13. The summed E-state index contributed by atoms with van der Waals surface area (Å²) in [7, 11) is 0. The lowest BCUT2D eigenvalue weighted by molar-refractivity contribution is -0.136. The van der Waals surface area contributed by atoms with Gasteiger partial charge in [0.1, 0.15) is 10.8 Å². The predicted octanol–water partition coefficient (Wildman–Crippen LogP) is 1.95. The molecule has 0 radical (unpaired) electrons. The Kier molecular flexibility index (Phi) is 4.36. The minimum absolute atomic E-state index is 0.0554. The number of amides is 1. The summed E-state index contributed by atoms with van der Waals surface area (Å²) in [6, 6.07) is 5.77. The number of carboxylic acids is 1. The Labute approximate surface area is 117 Å². The molecule has 1 aromatic carbocycles. The maximum absolute atomic E-state index is 13.4. The minimum Gasteiger partial charge on any atom is -0.481 e. The number of carboxylic acid groups (broad SMARTS) is 1. The average Bonchev–Trinajstić information content (AvgIpc) is 2.88. The van der Waals surface area contributed by atoms with E-state index in [0.717, 1.165) is 11.3 Å². The lowest BCUT2D eigenvalue weighted by atomic mass is 10.3. The summed E-state index contributed by atoms with van der Waals surface area (Å²) in [6.45, 7) is 0. The van der Waals surface area contributed by atoms with Crippen LogP contribution < -0.4 is 5.32 Å². The molecule has 8 heteroatoms. The zero-order valence-electron chi connectivity index (χ0n) is 10.2. The number of benzene rings is 1. The molecule has 1 heterocycles. The monoisotopic (exact) mass is 295 g/mol. The number of halogens is 1. The van der Waals surface area contributed by atoms with Crippen molar-refractivity contribution in [2.75, 3.05) is 5.32 Å². The van der Waals surface area contributed by atoms with Gasteiger partial charge in [-0.05, 0) is 12.1 Å². The van der Waals surface area contributed by atoms with Crippen LogP contribution in [0.4, 0.5) is 10.1 Å². The van der Waals surface area contributed by atoms with E-state index >= 15 is 0 Å². The molecule has 0 saturated heterocycles. The number of anilines is 1. The van der Waals surface area contributed by atoms with Crippen LogP contribution >= 0.6 is 11.3 Å². The summed E-state index contributed by atoms with van der Waals surface area (Å²) in [4.78, 5) is 22.3. The largest absolute Gasteiger partial charge is 0.481 e. The summed E-state index contributed by atoms with van der Waals surface area (Å²) in [5, 5.41) is 18.8. The van der Waals surface area contributed by atoms with Crippen molar-refractivity contribution in [2.24, 2.45) is 0 Å². The third-order valence-corrected chi connectivity index (χ3v) is 3.32. The number of carbonyl (C=O) groups is 2. The quantitative estimate of drug-likeness (QED) is 0.879. The van der Waals surface area contributed by atoms with Gasteiger partial charge in [-0.1, -0.05) is 23.5 Å². The lowest BCUT2D eigenvalue weighted by Crippen LogP contribution is -2.12. The number of aliphatic carboxylic acids is 1. The molecule has 2 rings (SSSR count). The lowest BCUT2D eigenvalue weighted by Gasteiger charge is -2.02. The first kappa shape index (κ1) is 14.1. The van der Waals surface area contributed by atoms with Gasteiger partial charge in [0.25, 0.3) is 5.91 Å². The molecule has 104 valence electrons. The SMILES string of the molecule is O=C(O)CCc1nnc(C(=O)Nc2ccccc2F)s1. The predicted molar refractivity (Wildman–Crippen MR) is 70.2 cm³/mol. The Morgan fingerprint density at radius 3 is 2.75 bits per heavy atom. The van der Waals surface area contributed by atoms with Crippen molar-refractivity contribution >= 4 is 28.9 Å². The van der Waals surface area contributed by atoms with Gasteiger partial charge in [0.15, 0.2) is 0 Å². The molecular weight excluding hydrogens is 285 g/mol. The molecule has 0 atom stereocenters. The van der Waals surface area contributed by atoms with Crippen LogP contribution in [-0.4, -0.2) is 27.2 Å². The van der Waals surface area contributed by atoms with Crippen LogP contribution in [0, 0.1) is 5.82 Å². The number of para-hydroxylation sites is 1. The summed E-state index contributed by atoms with van der Waals surface area (Å²) in [5.74, 6) is -2.07. The molecule has 0 saturated carbocycles. The van der Waals surface area contributed by atoms with Crippen LogP contribution in [0.1, 0.15) is 21.2 Å². The Hall–Kier alpha value is -2.35. The van der Waals surface area contributed by atoms with Crippen LogP contribution in [0.5, 0.6) is 0 Å². The molecule has 6 nitrogen and oxygen atoms in total. The zero-order valence-corrected chi connectivity index (χ0v) is 11.0. The molecule has 20 heavy (non-hydrogen) atoms. The standard InChI is InChI=1S/C12H10FN3O3S/c13-7-3-1-2-4-8(7)14-11(19)12-16-15-9(20-12)5-6-10(17)18/h1-4H,5-6H2,(H,14,19)(H,17,18). The average molecular weight is 295 g/mol. The molecule has 0 fully saturated rings. The van der Waals surface area contributed by atoms with Crippen molar-refractivity contribution in [2.45, 2.75) is 12.8 Å². The van der Waals surface area contributed by atoms with Crippen molar-refractivity contribution in [1.29, 1.82) is 0 Å². The Morgan fingerprint density at radius 2 is 2.05 bits per heavy atom. The van der Waals surface area contributed by atoms with Gasteiger partial charge in [0.2, 0.25) is 5.01 Å². The zero-order chi connectivity index (χ0) is 14.5. The Bertz CT molecular complexity index is 644. The molecule has 1 aromatic heterocycles. The molecule has 2 aromatic rings. The summed E-state index contributed by atoms with van der Waals surface area (Å²) < 4.78 is 13.4. The van der Waals surface area contributed by atoms with Crippen LogP contribution in [0.15, 0.2) is 24.3 Å². The molecule has 1 amide bonds. The third-order valence-electron chi connectivity index (χ3n) is 2.34. The first-order chi connectivity index (χ1) is 9.56. The van der Waals surface area contributed by atoms with Crippen molar-refractivity contribution in [3.8, 4) is 0 Å². The first-order valence-electron chi connectivity index (χ1n) is 5.66. The van der Waals surface area contributed by atoms with Crippen molar-refractivity contribution in [3.63, 3.8) is 0 Å². The van der Waals surface area contributed by atoms with Crippen LogP contribution in [0.3, 0.4) is 0 Å². The van der Waals surface area contributed by atoms with Gasteiger partial charge < -0.3 is 10.4 Å². The highest BCUT2D eigenvalue weighted by Gasteiger charge is 2.15. The van der Waals surface area contributed by atoms with Gasteiger partial charge in [-0.2, -0.15) is 0 Å². The summed E-state index contributed by atoms with van der Waals surface area (Å²) in [5.41, 5.74) is 0.0554. The Morgan fingerprint density at radius 1 is 1.30 bits per heavy atom. The maximum atomic E-state index is 13.4. The number of carbonyl (C=O) groups excluding carboxylic acids is 1. The van der Waals surface area contributed by atoms with Crippen LogP contribution in [-0.2, 0) is 11.2 Å². The molecule has 0 aliphatic carbocycles. The second kappa shape index (κ2) is 6.20. The molecule has 0 aliphatic heterocycles. The fourth-order valence-corrected chi connectivity index (χ4v) is 2.13. The number of hydrogen-bond donors (Lipinski definition) is 2. The molecule has 2 N–H and O–H groups in total. The topological polar surface area (TPSA) is 92.2 Å². The fraction of sp³-hybridized carbons (Fsp3) is 0.167. The second-order valence-corrected chi connectivity index (χ2v) is 4.89. The first-order valence-corrected chi connectivity index (χ1v) is 6.48. The van der Waals surface area contributed by atoms with Crippen LogP contribution in [0.2, 0.25) is 0 Å².